The molecular weight excluding hydrogens is 334 g/mol. The third-order valence-corrected chi connectivity index (χ3v) is 5.78. The van der Waals surface area contributed by atoms with Crippen LogP contribution in [0.15, 0.2) is 18.2 Å². The molecule has 1 aliphatic rings. The van der Waals surface area contributed by atoms with Crippen molar-refractivity contribution in [2.24, 2.45) is 11.8 Å². The Hall–Kier alpha value is -1.84. The number of imidazole rings is 1. The summed E-state index contributed by atoms with van der Waals surface area (Å²) in [5, 5.41) is 0. The molecule has 0 saturated heterocycles. The number of hydrogen-bond donors (Lipinski definition) is 0. The predicted octanol–water partition coefficient (Wildman–Crippen LogP) is 5.53. The molecule has 1 amide bonds. The highest BCUT2D eigenvalue weighted by molar-refractivity contribution is 5.96. The number of fused-ring (bicyclic) bond motifs is 1. The number of amides is 1. The minimum absolute atomic E-state index is 0.00644. The van der Waals surface area contributed by atoms with E-state index in [-0.39, 0.29) is 17.2 Å². The molecule has 1 aliphatic carbocycles. The Morgan fingerprint density at radius 3 is 2.48 bits per heavy atom. The summed E-state index contributed by atoms with van der Waals surface area (Å²) in [5.74, 6) is 2.02. The van der Waals surface area contributed by atoms with Crippen LogP contribution in [0.25, 0.3) is 11.0 Å². The molecule has 0 atom stereocenters. The fourth-order valence-corrected chi connectivity index (χ4v) is 4.23. The molecule has 0 N–H and O–H groups in total. The van der Waals surface area contributed by atoms with E-state index < -0.39 is 0 Å². The number of carbonyl (C=O) groups excluding carboxylic acids is 1. The molecule has 27 heavy (non-hydrogen) atoms. The second-order valence-electron chi connectivity index (χ2n) is 9.53. The van der Waals surface area contributed by atoms with E-state index in [4.69, 9.17) is 4.98 Å². The largest absolute Gasteiger partial charge is 0.327 e. The molecule has 1 saturated carbocycles. The van der Waals surface area contributed by atoms with Crippen LogP contribution >= 0.6 is 0 Å². The van der Waals surface area contributed by atoms with Crippen LogP contribution in [0.3, 0.4) is 0 Å². The summed E-state index contributed by atoms with van der Waals surface area (Å²) >= 11 is 0. The van der Waals surface area contributed by atoms with E-state index in [1.807, 2.05) is 20.9 Å². The fraction of sp³-hybridized carbons (Fsp3) is 0.652. The molecule has 0 aliphatic heterocycles. The van der Waals surface area contributed by atoms with Crippen molar-refractivity contribution in [3.05, 3.63) is 24.0 Å². The van der Waals surface area contributed by atoms with Gasteiger partial charge in [0, 0.05) is 30.6 Å². The first-order valence-electron chi connectivity index (χ1n) is 10.5. The van der Waals surface area contributed by atoms with Gasteiger partial charge >= 0.3 is 0 Å². The summed E-state index contributed by atoms with van der Waals surface area (Å²) < 4.78 is 2.44. The summed E-state index contributed by atoms with van der Waals surface area (Å²) in [6.45, 7) is 11.6. The van der Waals surface area contributed by atoms with Gasteiger partial charge in [0.25, 0.3) is 0 Å². The number of aromatic nitrogens is 2. The Bertz CT molecular complexity index is 807. The first kappa shape index (κ1) is 19.9. The van der Waals surface area contributed by atoms with E-state index in [1.54, 1.807) is 4.90 Å². The van der Waals surface area contributed by atoms with Crippen LogP contribution in [0.1, 0.15) is 72.5 Å². The number of anilines is 1. The summed E-state index contributed by atoms with van der Waals surface area (Å²) in [6, 6.07) is 6.29. The van der Waals surface area contributed by atoms with Crippen molar-refractivity contribution in [1.82, 2.24) is 9.55 Å². The van der Waals surface area contributed by atoms with E-state index in [2.05, 4.69) is 43.5 Å². The van der Waals surface area contributed by atoms with Gasteiger partial charge in [0.2, 0.25) is 5.91 Å². The van der Waals surface area contributed by atoms with Gasteiger partial charge in [0.1, 0.15) is 5.82 Å². The summed E-state index contributed by atoms with van der Waals surface area (Å²) in [6.07, 6.45) is 6.75. The minimum Gasteiger partial charge on any atom is -0.327 e. The Labute approximate surface area is 164 Å². The molecule has 1 fully saturated rings. The van der Waals surface area contributed by atoms with Gasteiger partial charge in [0.05, 0.1) is 11.0 Å². The number of benzene rings is 1. The zero-order chi connectivity index (χ0) is 19.8. The Morgan fingerprint density at radius 1 is 1.22 bits per heavy atom. The van der Waals surface area contributed by atoms with Gasteiger partial charge in [-0.15, -0.1) is 0 Å². The molecular formula is C23H35N3O. The molecule has 0 unspecified atom stereocenters. The third-order valence-electron chi connectivity index (χ3n) is 5.78. The maximum absolute atomic E-state index is 12.4. The van der Waals surface area contributed by atoms with E-state index in [9.17, 15) is 4.79 Å². The topological polar surface area (TPSA) is 38.1 Å². The second kappa shape index (κ2) is 7.65. The maximum atomic E-state index is 12.4. The second-order valence-corrected chi connectivity index (χ2v) is 9.53. The van der Waals surface area contributed by atoms with Crippen molar-refractivity contribution in [2.75, 3.05) is 11.9 Å². The molecule has 3 rings (SSSR count). The lowest BCUT2D eigenvalue weighted by Crippen LogP contribution is -2.30. The lowest BCUT2D eigenvalue weighted by atomic mass is 9.88. The molecule has 4 nitrogen and oxygen atoms in total. The van der Waals surface area contributed by atoms with Crippen LogP contribution in [-0.2, 0) is 16.8 Å². The van der Waals surface area contributed by atoms with Gasteiger partial charge < -0.3 is 9.47 Å². The van der Waals surface area contributed by atoms with Gasteiger partial charge in [-0.2, -0.15) is 0 Å². The Morgan fingerprint density at radius 2 is 1.89 bits per heavy atom. The van der Waals surface area contributed by atoms with Crippen molar-refractivity contribution in [1.29, 1.82) is 0 Å². The molecule has 1 heterocycles. The van der Waals surface area contributed by atoms with E-state index in [0.717, 1.165) is 29.5 Å². The minimum atomic E-state index is -0.0142. The van der Waals surface area contributed by atoms with Crippen molar-refractivity contribution in [3.8, 4) is 0 Å². The summed E-state index contributed by atoms with van der Waals surface area (Å²) in [5.41, 5.74) is 3.10. The number of hydrogen-bond acceptors (Lipinski definition) is 2. The lowest BCUT2D eigenvalue weighted by Gasteiger charge is -2.26. The lowest BCUT2D eigenvalue weighted by molar-refractivity contribution is -0.121. The molecule has 2 aromatic rings. The number of carbonyl (C=O) groups is 1. The van der Waals surface area contributed by atoms with Crippen LogP contribution in [0.5, 0.6) is 0 Å². The highest BCUT2D eigenvalue weighted by Gasteiger charge is 2.26. The molecule has 0 bridgehead atoms. The monoisotopic (exact) mass is 369 g/mol. The SMILES string of the molecule is CC(C)C(=O)N(C)c1ccc2c(c1)nc(C(C)(C)C)n2CC1CCCCC1. The summed E-state index contributed by atoms with van der Waals surface area (Å²) in [7, 11) is 1.85. The van der Waals surface area contributed by atoms with Gasteiger partial charge in [-0.3, -0.25) is 4.79 Å². The normalized spacial score (nSPS) is 16.3. The highest BCUT2D eigenvalue weighted by atomic mass is 16.2. The van der Waals surface area contributed by atoms with Gasteiger partial charge in [-0.05, 0) is 37.0 Å². The van der Waals surface area contributed by atoms with Crippen molar-refractivity contribution >= 4 is 22.6 Å². The third kappa shape index (κ3) is 4.20. The Kier molecular flexibility index (Phi) is 5.64. The summed E-state index contributed by atoms with van der Waals surface area (Å²) in [4.78, 5) is 19.1. The van der Waals surface area contributed by atoms with Crippen molar-refractivity contribution < 1.29 is 4.79 Å². The molecule has 1 aromatic heterocycles. The predicted molar refractivity (Wildman–Crippen MR) is 113 cm³/mol. The van der Waals surface area contributed by atoms with Crippen molar-refractivity contribution in [3.63, 3.8) is 0 Å². The van der Waals surface area contributed by atoms with Gasteiger partial charge in [0.15, 0.2) is 0 Å². The molecule has 4 heteroatoms. The average molecular weight is 370 g/mol. The van der Waals surface area contributed by atoms with Crippen LogP contribution in [0, 0.1) is 11.8 Å². The highest BCUT2D eigenvalue weighted by Crippen LogP contribution is 2.32. The average Bonchev–Trinajstić information content (AvgIpc) is 2.99. The van der Waals surface area contributed by atoms with E-state index in [0.29, 0.717) is 0 Å². The first-order chi connectivity index (χ1) is 12.7. The zero-order valence-electron chi connectivity index (χ0n) is 17.9. The van der Waals surface area contributed by atoms with Crippen LogP contribution in [0.2, 0.25) is 0 Å². The van der Waals surface area contributed by atoms with Gasteiger partial charge in [-0.25, -0.2) is 4.98 Å². The quantitative estimate of drug-likeness (QED) is 0.710. The molecule has 0 spiro atoms. The first-order valence-corrected chi connectivity index (χ1v) is 10.5. The fourth-order valence-electron chi connectivity index (χ4n) is 4.23. The van der Waals surface area contributed by atoms with Crippen LogP contribution < -0.4 is 4.90 Å². The Balaban J connectivity index is 2.01. The molecule has 0 radical (unpaired) electrons. The standard InChI is InChI=1S/C23H35N3O/c1-16(2)21(27)25(6)18-12-13-20-19(14-18)24-22(23(3,4)5)26(20)15-17-10-8-7-9-11-17/h12-14,16-17H,7-11,15H2,1-6H3. The number of rotatable bonds is 4. The van der Waals surface area contributed by atoms with E-state index >= 15 is 0 Å². The molecule has 1 aromatic carbocycles. The maximum Gasteiger partial charge on any atom is 0.229 e. The van der Waals surface area contributed by atoms with Crippen LogP contribution in [0.4, 0.5) is 5.69 Å². The van der Waals surface area contributed by atoms with E-state index in [1.165, 1.54) is 37.6 Å². The van der Waals surface area contributed by atoms with Gasteiger partial charge in [-0.1, -0.05) is 53.9 Å². The smallest absolute Gasteiger partial charge is 0.229 e. The zero-order valence-corrected chi connectivity index (χ0v) is 17.9. The van der Waals surface area contributed by atoms with Crippen molar-refractivity contribution in [2.45, 2.75) is 78.7 Å². The number of nitrogens with zero attached hydrogens (tertiary/aromatic N) is 3. The van der Waals surface area contributed by atoms with Crippen LogP contribution in [-0.4, -0.2) is 22.5 Å². The molecule has 148 valence electrons.